The standard InChI is InChI=1S/C10H20O2/c1-3-5-7-10(12)8-9(11)6-4-2/h8,10-12H,3-7H2,1-2H3. The molecule has 0 aromatic heterocycles. The lowest BCUT2D eigenvalue weighted by atomic mass is 10.1. The number of rotatable bonds is 6. The third kappa shape index (κ3) is 6.23. The highest BCUT2D eigenvalue weighted by Crippen LogP contribution is 2.06. The molecule has 0 heterocycles. The maximum Gasteiger partial charge on any atom is 0.0908 e. The van der Waals surface area contributed by atoms with E-state index in [4.69, 9.17) is 0 Å². The van der Waals surface area contributed by atoms with Crippen molar-refractivity contribution in [2.45, 2.75) is 52.1 Å². The van der Waals surface area contributed by atoms with Crippen molar-refractivity contribution in [1.29, 1.82) is 0 Å². The lowest BCUT2D eigenvalue weighted by Gasteiger charge is -2.05. The van der Waals surface area contributed by atoms with Gasteiger partial charge in [-0.25, -0.2) is 0 Å². The first-order chi connectivity index (χ1) is 5.70. The predicted molar refractivity (Wildman–Crippen MR) is 51.2 cm³/mol. The summed E-state index contributed by atoms with van der Waals surface area (Å²) in [7, 11) is 0. The maximum atomic E-state index is 9.34. The van der Waals surface area contributed by atoms with Gasteiger partial charge in [-0.3, -0.25) is 0 Å². The third-order valence-electron chi connectivity index (χ3n) is 1.74. The van der Waals surface area contributed by atoms with E-state index >= 15 is 0 Å². The molecule has 2 nitrogen and oxygen atoms in total. The molecule has 0 amide bonds. The van der Waals surface area contributed by atoms with E-state index in [1.807, 2.05) is 6.92 Å². The van der Waals surface area contributed by atoms with Gasteiger partial charge in [0.1, 0.15) is 0 Å². The molecular weight excluding hydrogens is 152 g/mol. The molecule has 0 aliphatic heterocycles. The molecule has 0 saturated carbocycles. The minimum Gasteiger partial charge on any atom is -0.513 e. The van der Waals surface area contributed by atoms with Gasteiger partial charge in [0.25, 0.3) is 0 Å². The molecule has 0 aliphatic carbocycles. The number of hydrogen-bond acceptors (Lipinski definition) is 2. The molecule has 0 rings (SSSR count). The Labute approximate surface area is 74.9 Å². The van der Waals surface area contributed by atoms with Crippen molar-refractivity contribution >= 4 is 0 Å². The smallest absolute Gasteiger partial charge is 0.0908 e. The molecule has 0 radical (unpaired) electrons. The Morgan fingerprint density at radius 2 is 2.00 bits per heavy atom. The van der Waals surface area contributed by atoms with E-state index in [0.717, 1.165) is 25.7 Å². The van der Waals surface area contributed by atoms with Crippen molar-refractivity contribution in [2.24, 2.45) is 0 Å². The van der Waals surface area contributed by atoms with Crippen molar-refractivity contribution in [1.82, 2.24) is 0 Å². The van der Waals surface area contributed by atoms with Crippen molar-refractivity contribution in [3.05, 3.63) is 11.8 Å². The van der Waals surface area contributed by atoms with Gasteiger partial charge in [0.2, 0.25) is 0 Å². The van der Waals surface area contributed by atoms with Crippen LogP contribution in [0.5, 0.6) is 0 Å². The maximum absolute atomic E-state index is 9.34. The monoisotopic (exact) mass is 172 g/mol. The molecule has 0 fully saturated rings. The van der Waals surface area contributed by atoms with Crippen molar-refractivity contribution in [2.75, 3.05) is 0 Å². The van der Waals surface area contributed by atoms with Crippen molar-refractivity contribution in [3.63, 3.8) is 0 Å². The van der Waals surface area contributed by atoms with Gasteiger partial charge < -0.3 is 10.2 Å². The summed E-state index contributed by atoms with van der Waals surface area (Å²) in [5.41, 5.74) is 0. The van der Waals surface area contributed by atoms with Crippen LogP contribution in [0.15, 0.2) is 11.8 Å². The van der Waals surface area contributed by atoms with Gasteiger partial charge in [-0.05, 0) is 18.9 Å². The molecule has 0 spiro atoms. The Morgan fingerprint density at radius 3 is 2.50 bits per heavy atom. The van der Waals surface area contributed by atoms with Crippen LogP contribution in [0.3, 0.4) is 0 Å². The SMILES string of the molecule is CCCCC(O)C=C(O)CCC. The first kappa shape index (κ1) is 11.5. The fraction of sp³-hybridized carbons (Fsp3) is 0.800. The van der Waals surface area contributed by atoms with Crippen LogP contribution >= 0.6 is 0 Å². The molecule has 1 unspecified atom stereocenters. The lowest BCUT2D eigenvalue weighted by Crippen LogP contribution is -2.03. The van der Waals surface area contributed by atoms with Crippen LogP contribution in [0.1, 0.15) is 46.0 Å². The Balaban J connectivity index is 3.63. The fourth-order valence-corrected chi connectivity index (χ4v) is 1.06. The number of allylic oxidation sites excluding steroid dienone is 1. The summed E-state index contributed by atoms with van der Waals surface area (Å²) in [6.45, 7) is 4.09. The van der Waals surface area contributed by atoms with Crippen LogP contribution in [-0.2, 0) is 0 Å². The average Bonchev–Trinajstić information content (AvgIpc) is 2.01. The van der Waals surface area contributed by atoms with Gasteiger partial charge in [-0.1, -0.05) is 26.7 Å². The topological polar surface area (TPSA) is 40.5 Å². The molecule has 0 aromatic carbocycles. The summed E-state index contributed by atoms with van der Waals surface area (Å²) in [5, 5.41) is 18.6. The number of aliphatic hydroxyl groups excluding tert-OH is 2. The van der Waals surface area contributed by atoms with Crippen LogP contribution in [0.4, 0.5) is 0 Å². The van der Waals surface area contributed by atoms with Crippen molar-refractivity contribution in [3.8, 4) is 0 Å². The molecular formula is C10H20O2. The summed E-state index contributed by atoms with van der Waals surface area (Å²) in [6.07, 6.45) is 5.53. The molecule has 0 aliphatic rings. The summed E-state index contributed by atoms with van der Waals surface area (Å²) in [4.78, 5) is 0. The first-order valence-corrected chi connectivity index (χ1v) is 4.78. The Bertz CT molecular complexity index is 130. The molecule has 2 N–H and O–H groups in total. The van der Waals surface area contributed by atoms with E-state index in [9.17, 15) is 10.2 Å². The van der Waals surface area contributed by atoms with Crippen molar-refractivity contribution < 1.29 is 10.2 Å². The zero-order chi connectivity index (χ0) is 9.40. The fourth-order valence-electron chi connectivity index (χ4n) is 1.06. The van der Waals surface area contributed by atoms with Crippen LogP contribution in [0, 0.1) is 0 Å². The van der Waals surface area contributed by atoms with E-state index in [2.05, 4.69) is 6.92 Å². The number of aliphatic hydroxyl groups is 2. The summed E-state index contributed by atoms with van der Waals surface area (Å²) in [5.74, 6) is 0.320. The highest BCUT2D eigenvalue weighted by Gasteiger charge is 2.00. The molecule has 1 atom stereocenters. The zero-order valence-corrected chi connectivity index (χ0v) is 8.08. The van der Waals surface area contributed by atoms with Crippen LogP contribution in [-0.4, -0.2) is 16.3 Å². The van der Waals surface area contributed by atoms with Crippen LogP contribution in [0.25, 0.3) is 0 Å². The highest BCUT2D eigenvalue weighted by molar-refractivity contribution is 4.95. The van der Waals surface area contributed by atoms with Crippen LogP contribution < -0.4 is 0 Å². The van der Waals surface area contributed by atoms with Gasteiger partial charge in [-0.15, -0.1) is 0 Å². The quantitative estimate of drug-likeness (QED) is 0.605. The Hall–Kier alpha value is -0.500. The van der Waals surface area contributed by atoms with Gasteiger partial charge in [0.05, 0.1) is 11.9 Å². The van der Waals surface area contributed by atoms with E-state index in [1.54, 1.807) is 6.08 Å². The van der Waals surface area contributed by atoms with E-state index in [-0.39, 0.29) is 0 Å². The minimum absolute atomic E-state index is 0.320. The number of hydrogen-bond donors (Lipinski definition) is 2. The first-order valence-electron chi connectivity index (χ1n) is 4.78. The molecule has 0 aromatic rings. The molecule has 2 heteroatoms. The molecule has 0 saturated heterocycles. The van der Waals surface area contributed by atoms with E-state index in [0.29, 0.717) is 12.2 Å². The summed E-state index contributed by atoms with van der Waals surface area (Å²) in [6, 6.07) is 0. The van der Waals surface area contributed by atoms with Gasteiger partial charge in [0, 0.05) is 6.42 Å². The van der Waals surface area contributed by atoms with Gasteiger partial charge in [0.15, 0.2) is 0 Å². The minimum atomic E-state index is -0.462. The largest absolute Gasteiger partial charge is 0.513 e. The third-order valence-corrected chi connectivity index (χ3v) is 1.74. The summed E-state index contributed by atoms with van der Waals surface area (Å²) >= 11 is 0. The Morgan fingerprint density at radius 1 is 1.33 bits per heavy atom. The zero-order valence-electron chi connectivity index (χ0n) is 8.08. The van der Waals surface area contributed by atoms with Gasteiger partial charge >= 0.3 is 0 Å². The van der Waals surface area contributed by atoms with E-state index < -0.39 is 6.10 Å². The predicted octanol–water partition coefficient (Wildman–Crippen LogP) is 2.78. The average molecular weight is 172 g/mol. The second-order valence-electron chi connectivity index (χ2n) is 3.12. The lowest BCUT2D eigenvalue weighted by molar-refractivity contribution is 0.202. The Kier molecular flexibility index (Phi) is 6.87. The van der Waals surface area contributed by atoms with E-state index in [1.165, 1.54) is 0 Å². The molecule has 0 bridgehead atoms. The van der Waals surface area contributed by atoms with Gasteiger partial charge in [-0.2, -0.15) is 0 Å². The highest BCUT2D eigenvalue weighted by atomic mass is 16.3. The summed E-state index contributed by atoms with van der Waals surface area (Å²) < 4.78 is 0. The second-order valence-corrected chi connectivity index (χ2v) is 3.12. The number of unbranched alkanes of at least 4 members (excludes halogenated alkanes) is 1. The normalized spacial score (nSPS) is 14.8. The molecule has 12 heavy (non-hydrogen) atoms. The van der Waals surface area contributed by atoms with Crippen LogP contribution in [0.2, 0.25) is 0 Å². The second kappa shape index (κ2) is 7.17. The molecule has 72 valence electrons.